The molecule has 220 valence electrons. The van der Waals surface area contributed by atoms with Crippen LogP contribution < -0.4 is 25.8 Å². The van der Waals surface area contributed by atoms with Gasteiger partial charge in [-0.3, -0.25) is 25.1 Å². The number of hydrogen-bond acceptors (Lipinski definition) is 9. The lowest BCUT2D eigenvalue weighted by Gasteiger charge is -2.51. The van der Waals surface area contributed by atoms with Gasteiger partial charge in [0, 0.05) is 17.8 Å². The van der Waals surface area contributed by atoms with Crippen LogP contribution >= 0.6 is 0 Å². The molecule has 42 heavy (non-hydrogen) atoms. The first-order valence-corrected chi connectivity index (χ1v) is 13.5. The van der Waals surface area contributed by atoms with Crippen LogP contribution in [-0.2, 0) is 30.2 Å². The van der Waals surface area contributed by atoms with Gasteiger partial charge in [-0.05, 0) is 54.8 Å². The summed E-state index contributed by atoms with van der Waals surface area (Å²) in [5.74, 6) is -1.99. The Hall–Kier alpha value is -4.72. The van der Waals surface area contributed by atoms with Crippen LogP contribution in [0, 0.1) is 11.2 Å². The minimum absolute atomic E-state index is 0.00775. The number of benzene rings is 2. The number of halogens is 1. The molecule has 0 aromatic heterocycles. The molecule has 0 bridgehead atoms. The summed E-state index contributed by atoms with van der Waals surface area (Å²) in [7, 11) is 0. The van der Waals surface area contributed by atoms with E-state index < -0.39 is 53.4 Å². The number of morpholine rings is 1. The number of ether oxygens (including phenoxy) is 3. The summed E-state index contributed by atoms with van der Waals surface area (Å²) >= 11 is 0. The standard InChI is InChI=1S/C28H28FN5O8/c1-2-41-26(38)30-12-18-13-34(27(39)42-18)17-4-5-19(20(29)10-17)15-3-6-21-16(9-15)11-28(22-14-40-8-7-33(21)22)23(35)31-25(37)32-24(28)36/h3-6,9-10,18,22H,2,7-8,11-14H2,1H3,(H,30,38)(H2,31,32,35,36,37)/t18-,22?/m0/s1. The summed E-state index contributed by atoms with van der Waals surface area (Å²) in [5.41, 5.74) is 0.891. The molecule has 3 N–H and O–H groups in total. The topological polar surface area (TPSA) is 156 Å². The number of imide groups is 2. The molecule has 3 saturated heterocycles. The van der Waals surface area contributed by atoms with Gasteiger partial charge in [0.05, 0.1) is 44.6 Å². The van der Waals surface area contributed by atoms with Gasteiger partial charge in [0.25, 0.3) is 0 Å². The van der Waals surface area contributed by atoms with Crippen molar-refractivity contribution in [3.63, 3.8) is 0 Å². The lowest BCUT2D eigenvalue weighted by atomic mass is 9.68. The van der Waals surface area contributed by atoms with Crippen molar-refractivity contribution in [2.24, 2.45) is 5.41 Å². The molecule has 0 saturated carbocycles. The maximum Gasteiger partial charge on any atom is 0.414 e. The van der Waals surface area contributed by atoms with Crippen molar-refractivity contribution in [1.29, 1.82) is 0 Å². The Morgan fingerprint density at radius 2 is 1.93 bits per heavy atom. The third-order valence-electron chi connectivity index (χ3n) is 8.02. The molecule has 4 heterocycles. The molecule has 6 amide bonds. The second kappa shape index (κ2) is 10.6. The normalized spacial score (nSPS) is 22.6. The number of carbonyl (C=O) groups excluding carboxylic acids is 5. The minimum Gasteiger partial charge on any atom is -0.450 e. The lowest BCUT2D eigenvalue weighted by Crippen LogP contribution is -2.73. The number of alkyl carbamates (subject to hydrolysis) is 1. The second-order valence-electron chi connectivity index (χ2n) is 10.4. The molecule has 4 aliphatic rings. The summed E-state index contributed by atoms with van der Waals surface area (Å²) in [5, 5.41) is 6.97. The van der Waals surface area contributed by atoms with E-state index in [9.17, 15) is 24.0 Å². The monoisotopic (exact) mass is 581 g/mol. The highest BCUT2D eigenvalue weighted by Gasteiger charge is 2.60. The number of urea groups is 1. The molecule has 1 spiro atoms. The third kappa shape index (κ3) is 4.57. The smallest absolute Gasteiger partial charge is 0.414 e. The Labute approximate surface area is 239 Å². The lowest BCUT2D eigenvalue weighted by molar-refractivity contribution is -0.148. The van der Waals surface area contributed by atoms with Crippen LogP contribution in [0.1, 0.15) is 12.5 Å². The molecule has 3 fully saturated rings. The molecule has 2 aromatic rings. The number of cyclic esters (lactones) is 1. The number of nitrogens with zero attached hydrogens (tertiary/aromatic N) is 2. The molecule has 2 aromatic carbocycles. The number of anilines is 2. The highest BCUT2D eigenvalue weighted by atomic mass is 19.1. The zero-order valence-corrected chi connectivity index (χ0v) is 22.6. The number of barbiturate groups is 1. The van der Waals surface area contributed by atoms with Crippen molar-refractivity contribution in [1.82, 2.24) is 16.0 Å². The molecule has 2 atom stereocenters. The van der Waals surface area contributed by atoms with E-state index in [1.807, 2.05) is 11.0 Å². The molecular formula is C28H28FN5O8. The largest absolute Gasteiger partial charge is 0.450 e. The zero-order valence-electron chi connectivity index (χ0n) is 22.6. The predicted molar refractivity (Wildman–Crippen MR) is 144 cm³/mol. The van der Waals surface area contributed by atoms with E-state index in [-0.39, 0.29) is 44.0 Å². The minimum atomic E-state index is -1.60. The Balaban J connectivity index is 1.26. The number of hydrogen-bond donors (Lipinski definition) is 3. The maximum atomic E-state index is 15.5. The Morgan fingerprint density at radius 1 is 1.14 bits per heavy atom. The first-order valence-electron chi connectivity index (χ1n) is 13.5. The third-order valence-corrected chi connectivity index (χ3v) is 8.02. The van der Waals surface area contributed by atoms with Gasteiger partial charge in [-0.25, -0.2) is 18.8 Å². The summed E-state index contributed by atoms with van der Waals surface area (Å²) in [6, 6.07) is 8.18. The first-order chi connectivity index (χ1) is 20.2. The van der Waals surface area contributed by atoms with Gasteiger partial charge in [-0.1, -0.05) is 6.07 Å². The van der Waals surface area contributed by atoms with E-state index in [1.165, 1.54) is 11.0 Å². The molecule has 0 radical (unpaired) electrons. The van der Waals surface area contributed by atoms with E-state index in [0.717, 1.165) is 5.69 Å². The number of rotatable bonds is 5. The van der Waals surface area contributed by atoms with Crippen LogP contribution in [0.4, 0.5) is 30.1 Å². The van der Waals surface area contributed by atoms with Gasteiger partial charge in [-0.2, -0.15) is 0 Å². The van der Waals surface area contributed by atoms with Crippen LogP contribution in [0.3, 0.4) is 0 Å². The maximum absolute atomic E-state index is 15.5. The Kier molecular flexibility index (Phi) is 6.93. The van der Waals surface area contributed by atoms with Crippen molar-refractivity contribution in [2.45, 2.75) is 25.5 Å². The molecule has 1 unspecified atom stereocenters. The summed E-state index contributed by atoms with van der Waals surface area (Å²) < 4.78 is 31.2. The van der Waals surface area contributed by atoms with E-state index in [1.54, 1.807) is 31.2 Å². The number of nitrogens with one attached hydrogen (secondary N) is 3. The van der Waals surface area contributed by atoms with Gasteiger partial charge >= 0.3 is 18.2 Å². The highest BCUT2D eigenvalue weighted by molar-refractivity contribution is 6.20. The molecule has 0 aliphatic carbocycles. The van der Waals surface area contributed by atoms with Gasteiger partial charge in [0.1, 0.15) is 11.9 Å². The quantitative estimate of drug-likeness (QED) is 0.447. The average molecular weight is 582 g/mol. The van der Waals surface area contributed by atoms with Crippen molar-refractivity contribution in [2.75, 3.05) is 49.3 Å². The van der Waals surface area contributed by atoms with Gasteiger partial charge in [0.2, 0.25) is 11.8 Å². The fourth-order valence-corrected chi connectivity index (χ4v) is 6.04. The summed E-state index contributed by atoms with van der Waals surface area (Å²) in [6.07, 6.45) is -1.93. The summed E-state index contributed by atoms with van der Waals surface area (Å²) in [6.45, 7) is 2.99. The van der Waals surface area contributed by atoms with Crippen molar-refractivity contribution in [3.8, 4) is 11.1 Å². The van der Waals surface area contributed by atoms with E-state index in [2.05, 4.69) is 16.0 Å². The zero-order chi connectivity index (χ0) is 29.6. The van der Waals surface area contributed by atoms with E-state index >= 15 is 4.39 Å². The van der Waals surface area contributed by atoms with E-state index in [0.29, 0.717) is 24.3 Å². The molecule has 6 rings (SSSR count). The Bertz CT molecular complexity index is 1480. The van der Waals surface area contributed by atoms with Crippen molar-refractivity contribution in [3.05, 3.63) is 47.8 Å². The van der Waals surface area contributed by atoms with Crippen LogP contribution in [-0.4, -0.2) is 81.6 Å². The van der Waals surface area contributed by atoms with Gasteiger partial charge < -0.3 is 24.4 Å². The van der Waals surface area contributed by atoms with Crippen molar-refractivity contribution < 1.29 is 42.6 Å². The van der Waals surface area contributed by atoms with E-state index in [4.69, 9.17) is 14.2 Å². The molecular weight excluding hydrogens is 553 g/mol. The second-order valence-corrected chi connectivity index (χ2v) is 10.4. The van der Waals surface area contributed by atoms with Crippen LogP contribution in [0.15, 0.2) is 36.4 Å². The molecule has 13 nitrogen and oxygen atoms in total. The number of fused-ring (bicyclic) bond motifs is 4. The van der Waals surface area contributed by atoms with Gasteiger partial charge in [0.15, 0.2) is 5.41 Å². The van der Waals surface area contributed by atoms with Crippen LogP contribution in [0.25, 0.3) is 11.1 Å². The Morgan fingerprint density at radius 3 is 2.67 bits per heavy atom. The fraction of sp³-hybridized carbons (Fsp3) is 0.393. The number of amides is 6. The van der Waals surface area contributed by atoms with Crippen molar-refractivity contribution >= 4 is 41.4 Å². The molecule has 4 aliphatic heterocycles. The first kappa shape index (κ1) is 27.4. The summed E-state index contributed by atoms with van der Waals surface area (Å²) in [4.78, 5) is 65.4. The molecule has 14 heteroatoms. The van der Waals surface area contributed by atoms with Crippen LogP contribution in [0.2, 0.25) is 0 Å². The number of carbonyl (C=O) groups is 5. The average Bonchev–Trinajstić information content (AvgIpc) is 3.34. The predicted octanol–water partition coefficient (Wildman–Crippen LogP) is 1.68. The van der Waals surface area contributed by atoms with Gasteiger partial charge in [-0.15, -0.1) is 0 Å². The fourth-order valence-electron chi connectivity index (χ4n) is 6.04. The SMILES string of the molecule is CCOC(=O)NC[C@H]1CN(c2ccc(-c3ccc4c(c3)CC3(C(=O)NC(=O)NC3=O)C3COCCN43)c(F)c2)C(=O)O1. The van der Waals surface area contributed by atoms with Crippen LogP contribution in [0.5, 0.6) is 0 Å². The highest BCUT2D eigenvalue weighted by Crippen LogP contribution is 2.45.